The van der Waals surface area contributed by atoms with E-state index in [2.05, 4.69) is 37.7 Å². The number of carbonyl (C=O) groups excluding carboxylic acids is 1. The maximum absolute atomic E-state index is 11.0. The van der Waals surface area contributed by atoms with Crippen LogP contribution in [0.3, 0.4) is 0 Å². The minimum atomic E-state index is -0.318. The number of hydrogen-bond donors (Lipinski definition) is 0. The van der Waals surface area contributed by atoms with E-state index in [0.717, 1.165) is 18.4 Å². The van der Waals surface area contributed by atoms with Crippen molar-refractivity contribution in [3.05, 3.63) is 47.1 Å². The quantitative estimate of drug-likeness (QED) is 0.302. The molecule has 0 aromatic heterocycles. The summed E-state index contributed by atoms with van der Waals surface area (Å²) in [5, 5.41) is 0. The topological polar surface area (TPSA) is 26.3 Å². The van der Waals surface area contributed by atoms with Crippen molar-refractivity contribution in [2.45, 2.75) is 40.5 Å². The predicted octanol–water partition coefficient (Wildman–Crippen LogP) is 4.35. The second kappa shape index (κ2) is 9.46. The molecule has 18 heavy (non-hydrogen) atoms. The Morgan fingerprint density at radius 1 is 1.17 bits per heavy atom. The minimum absolute atomic E-state index is 0.318. The molecule has 2 nitrogen and oxygen atoms in total. The number of rotatable bonds is 6. The molecule has 0 heterocycles. The van der Waals surface area contributed by atoms with Crippen LogP contribution in [-0.2, 0) is 9.53 Å². The lowest BCUT2D eigenvalue weighted by Gasteiger charge is -1.97. The molecule has 0 fully saturated rings. The first-order valence-corrected chi connectivity index (χ1v) is 6.19. The molecule has 0 atom stereocenters. The summed E-state index contributed by atoms with van der Waals surface area (Å²) in [6.07, 6.45) is 11.8. The van der Waals surface area contributed by atoms with Gasteiger partial charge in [0, 0.05) is 6.08 Å². The van der Waals surface area contributed by atoms with Crippen molar-refractivity contribution >= 4 is 5.97 Å². The maximum atomic E-state index is 11.0. The Morgan fingerprint density at radius 3 is 2.39 bits per heavy atom. The van der Waals surface area contributed by atoms with Gasteiger partial charge in [-0.1, -0.05) is 35.5 Å². The lowest BCUT2D eigenvalue weighted by Crippen LogP contribution is -1.94. The Balaban J connectivity index is 4.24. The monoisotopic (exact) mass is 248 g/mol. The standard InChI is InChI=1S/C16H24O2/c1-13(2)8-6-9-14(3)10-7-11-15(4)12-16(17)18-5/h7-8,10-12H,6,9H2,1-5H3/b11-7+,14-10+,15-12+. The Labute approximate surface area is 111 Å². The van der Waals surface area contributed by atoms with E-state index in [1.54, 1.807) is 0 Å². The van der Waals surface area contributed by atoms with Gasteiger partial charge in [-0.25, -0.2) is 4.79 Å². The summed E-state index contributed by atoms with van der Waals surface area (Å²) in [7, 11) is 1.38. The second-order valence-electron chi connectivity index (χ2n) is 4.60. The third-order valence-electron chi connectivity index (χ3n) is 2.38. The molecule has 100 valence electrons. The van der Waals surface area contributed by atoms with Crippen molar-refractivity contribution in [3.8, 4) is 0 Å². The van der Waals surface area contributed by atoms with Crippen LogP contribution in [0.5, 0.6) is 0 Å². The van der Waals surface area contributed by atoms with Crippen LogP contribution in [-0.4, -0.2) is 13.1 Å². The van der Waals surface area contributed by atoms with E-state index in [4.69, 9.17) is 0 Å². The lowest BCUT2D eigenvalue weighted by atomic mass is 10.1. The van der Waals surface area contributed by atoms with Crippen LogP contribution in [0.2, 0.25) is 0 Å². The van der Waals surface area contributed by atoms with Gasteiger partial charge in [0.1, 0.15) is 0 Å². The van der Waals surface area contributed by atoms with Gasteiger partial charge in [0.25, 0.3) is 0 Å². The number of methoxy groups -OCH3 is 1. The zero-order valence-corrected chi connectivity index (χ0v) is 12.1. The highest BCUT2D eigenvalue weighted by Crippen LogP contribution is 2.07. The summed E-state index contributed by atoms with van der Waals surface area (Å²) in [5.41, 5.74) is 3.57. The average molecular weight is 248 g/mol. The van der Waals surface area contributed by atoms with Crippen LogP contribution in [0.25, 0.3) is 0 Å². The Kier molecular flexibility index (Phi) is 8.63. The maximum Gasteiger partial charge on any atom is 0.330 e. The first-order chi connectivity index (χ1) is 8.45. The molecule has 0 saturated heterocycles. The molecule has 0 N–H and O–H groups in total. The van der Waals surface area contributed by atoms with Gasteiger partial charge in [-0.2, -0.15) is 0 Å². The molecule has 0 aromatic carbocycles. The predicted molar refractivity (Wildman–Crippen MR) is 77.3 cm³/mol. The van der Waals surface area contributed by atoms with Crippen LogP contribution in [0, 0.1) is 0 Å². The number of carbonyl (C=O) groups is 1. The largest absolute Gasteiger partial charge is 0.466 e. The molecule has 0 unspecified atom stereocenters. The van der Waals surface area contributed by atoms with Crippen LogP contribution in [0.15, 0.2) is 47.1 Å². The molecule has 0 aromatic rings. The lowest BCUT2D eigenvalue weighted by molar-refractivity contribution is -0.134. The molecule has 0 aliphatic rings. The molecule has 0 bridgehead atoms. The third-order valence-corrected chi connectivity index (χ3v) is 2.38. The smallest absolute Gasteiger partial charge is 0.330 e. The van der Waals surface area contributed by atoms with E-state index in [0.29, 0.717) is 0 Å². The molecular formula is C16H24O2. The van der Waals surface area contributed by atoms with Crippen LogP contribution in [0.4, 0.5) is 0 Å². The summed E-state index contributed by atoms with van der Waals surface area (Å²) >= 11 is 0. The fourth-order valence-corrected chi connectivity index (χ4v) is 1.33. The molecule has 0 amide bonds. The highest BCUT2D eigenvalue weighted by Gasteiger charge is 1.92. The molecule has 0 spiro atoms. The highest BCUT2D eigenvalue weighted by molar-refractivity contribution is 5.83. The minimum Gasteiger partial charge on any atom is -0.466 e. The Hall–Kier alpha value is -1.57. The van der Waals surface area contributed by atoms with E-state index < -0.39 is 0 Å². The van der Waals surface area contributed by atoms with Crippen LogP contribution in [0.1, 0.15) is 40.5 Å². The van der Waals surface area contributed by atoms with Gasteiger partial charge in [0.05, 0.1) is 7.11 Å². The number of allylic oxidation sites excluding steroid dienone is 7. The molecular weight excluding hydrogens is 224 g/mol. The van der Waals surface area contributed by atoms with Crippen molar-refractivity contribution in [3.63, 3.8) is 0 Å². The van der Waals surface area contributed by atoms with Gasteiger partial charge >= 0.3 is 5.97 Å². The fourth-order valence-electron chi connectivity index (χ4n) is 1.33. The molecule has 2 heteroatoms. The second-order valence-corrected chi connectivity index (χ2v) is 4.60. The van der Waals surface area contributed by atoms with E-state index in [9.17, 15) is 4.79 Å². The first-order valence-electron chi connectivity index (χ1n) is 6.19. The van der Waals surface area contributed by atoms with Crippen molar-refractivity contribution < 1.29 is 9.53 Å². The molecule has 0 rings (SSSR count). The Bertz CT molecular complexity index is 378. The highest BCUT2D eigenvalue weighted by atomic mass is 16.5. The SMILES string of the molecule is COC(=O)/C=C(C)/C=C/C=C(\C)CCC=C(C)C. The van der Waals surface area contributed by atoms with E-state index in [1.165, 1.54) is 24.3 Å². The van der Waals surface area contributed by atoms with Crippen LogP contribution < -0.4 is 0 Å². The van der Waals surface area contributed by atoms with Crippen molar-refractivity contribution in [1.29, 1.82) is 0 Å². The normalized spacial score (nSPS) is 12.7. The summed E-state index contributed by atoms with van der Waals surface area (Å²) in [6.45, 7) is 8.21. The van der Waals surface area contributed by atoms with Gasteiger partial charge in [0.2, 0.25) is 0 Å². The van der Waals surface area contributed by atoms with Gasteiger partial charge in [-0.3, -0.25) is 0 Å². The van der Waals surface area contributed by atoms with Crippen molar-refractivity contribution in [2.24, 2.45) is 0 Å². The average Bonchev–Trinajstić information content (AvgIpc) is 2.28. The van der Waals surface area contributed by atoms with Gasteiger partial charge in [-0.15, -0.1) is 0 Å². The summed E-state index contributed by atoms with van der Waals surface area (Å²) < 4.78 is 4.55. The van der Waals surface area contributed by atoms with Crippen LogP contribution >= 0.6 is 0 Å². The summed E-state index contributed by atoms with van der Waals surface area (Å²) in [5.74, 6) is -0.318. The van der Waals surface area contributed by atoms with E-state index in [-0.39, 0.29) is 5.97 Å². The number of ether oxygens (including phenoxy) is 1. The zero-order valence-electron chi connectivity index (χ0n) is 12.1. The summed E-state index contributed by atoms with van der Waals surface area (Å²) in [4.78, 5) is 11.0. The molecule has 0 aliphatic carbocycles. The van der Waals surface area contributed by atoms with Gasteiger partial charge in [-0.05, 0) is 46.1 Å². The summed E-state index contributed by atoms with van der Waals surface area (Å²) in [6, 6.07) is 0. The van der Waals surface area contributed by atoms with Crippen molar-refractivity contribution in [2.75, 3.05) is 7.11 Å². The van der Waals surface area contributed by atoms with Gasteiger partial charge < -0.3 is 4.74 Å². The van der Waals surface area contributed by atoms with E-state index >= 15 is 0 Å². The molecule has 0 aliphatic heterocycles. The zero-order chi connectivity index (χ0) is 14.0. The Morgan fingerprint density at radius 2 is 1.83 bits per heavy atom. The third kappa shape index (κ3) is 9.64. The first kappa shape index (κ1) is 16.4. The molecule has 0 radical (unpaired) electrons. The molecule has 0 saturated carbocycles. The van der Waals surface area contributed by atoms with Crippen molar-refractivity contribution in [1.82, 2.24) is 0 Å². The fraction of sp³-hybridized carbons (Fsp3) is 0.438. The van der Waals surface area contributed by atoms with Gasteiger partial charge in [0.15, 0.2) is 0 Å². The van der Waals surface area contributed by atoms with E-state index in [1.807, 2.05) is 19.1 Å². The number of hydrogen-bond acceptors (Lipinski definition) is 2. The number of esters is 1.